The molecule has 0 spiro atoms. The molecule has 0 unspecified atom stereocenters. The molecule has 0 bridgehead atoms. The Morgan fingerprint density at radius 2 is 1.70 bits per heavy atom. The summed E-state index contributed by atoms with van der Waals surface area (Å²) in [6, 6.07) is 7.69. The number of halogens is 3. The molecule has 0 aliphatic heterocycles. The molecular formula is C17H19F3N2O6S2. The van der Waals surface area contributed by atoms with Crippen LogP contribution in [0.25, 0.3) is 0 Å². The van der Waals surface area contributed by atoms with E-state index in [2.05, 4.69) is 4.72 Å². The number of hydrogen-bond donors (Lipinski definition) is 3. The summed E-state index contributed by atoms with van der Waals surface area (Å²) in [7, 11) is -3.69. The van der Waals surface area contributed by atoms with Crippen molar-refractivity contribution in [1.82, 2.24) is 0 Å². The summed E-state index contributed by atoms with van der Waals surface area (Å²) in [6.45, 7) is 5.19. The zero-order valence-corrected chi connectivity index (χ0v) is 17.4. The van der Waals surface area contributed by atoms with Crippen molar-refractivity contribution in [3.8, 4) is 0 Å². The number of aliphatic carboxylic acids is 1. The van der Waals surface area contributed by atoms with Crippen molar-refractivity contribution < 1.29 is 41.4 Å². The molecule has 13 heteroatoms. The van der Waals surface area contributed by atoms with Gasteiger partial charge in [-0.2, -0.15) is 13.2 Å². The van der Waals surface area contributed by atoms with Gasteiger partial charge in [0.05, 0.1) is 11.3 Å². The second-order valence-electron chi connectivity index (χ2n) is 5.55. The molecule has 0 radical (unpaired) electrons. The van der Waals surface area contributed by atoms with Crippen LogP contribution in [0.15, 0.2) is 39.9 Å². The summed E-state index contributed by atoms with van der Waals surface area (Å²) < 4.78 is 58.8. The van der Waals surface area contributed by atoms with E-state index in [1.54, 1.807) is 23.6 Å². The van der Waals surface area contributed by atoms with Crippen LogP contribution in [0.2, 0.25) is 0 Å². The lowest BCUT2D eigenvalue weighted by atomic mass is 10.1. The highest BCUT2D eigenvalue weighted by Crippen LogP contribution is 2.27. The van der Waals surface area contributed by atoms with E-state index < -0.39 is 28.1 Å². The monoisotopic (exact) mass is 468 g/mol. The zero-order valence-electron chi connectivity index (χ0n) is 15.8. The number of carbonyl (C=O) groups is 2. The second-order valence-corrected chi connectivity index (χ2v) is 8.41. The van der Waals surface area contributed by atoms with Crippen LogP contribution in [0, 0.1) is 0 Å². The van der Waals surface area contributed by atoms with E-state index in [0.29, 0.717) is 18.8 Å². The van der Waals surface area contributed by atoms with Crippen molar-refractivity contribution in [1.29, 1.82) is 0 Å². The summed E-state index contributed by atoms with van der Waals surface area (Å²) in [5.74, 6) is -3.85. The van der Waals surface area contributed by atoms with Crippen LogP contribution in [0.4, 0.5) is 24.5 Å². The van der Waals surface area contributed by atoms with Crippen LogP contribution in [-0.4, -0.2) is 49.8 Å². The quantitative estimate of drug-likeness (QED) is 0.566. The first kappa shape index (κ1) is 25.2. The third-order valence-corrected chi connectivity index (χ3v) is 6.36. The molecular weight excluding hydrogens is 449 g/mol. The fourth-order valence-corrected chi connectivity index (χ4v) is 4.28. The van der Waals surface area contributed by atoms with E-state index in [1.807, 2.05) is 18.7 Å². The number of carboxylic acids is 2. The van der Waals surface area contributed by atoms with Crippen LogP contribution < -0.4 is 9.62 Å². The van der Waals surface area contributed by atoms with Gasteiger partial charge in [0.1, 0.15) is 4.21 Å². The summed E-state index contributed by atoms with van der Waals surface area (Å²) in [6.07, 6.45) is -5.08. The van der Waals surface area contributed by atoms with Crippen LogP contribution in [0.3, 0.4) is 0 Å². The first-order chi connectivity index (χ1) is 13.8. The lowest BCUT2D eigenvalue weighted by Gasteiger charge is -2.23. The minimum absolute atomic E-state index is 0.0695. The van der Waals surface area contributed by atoms with Gasteiger partial charge in [0.15, 0.2) is 0 Å². The Bertz CT molecular complexity index is 972. The average Bonchev–Trinajstić information content (AvgIpc) is 3.18. The average molecular weight is 468 g/mol. The van der Waals surface area contributed by atoms with Gasteiger partial charge in [0.2, 0.25) is 0 Å². The van der Waals surface area contributed by atoms with Gasteiger partial charge >= 0.3 is 18.1 Å². The zero-order chi connectivity index (χ0) is 23.1. The number of carboxylic acid groups (broad SMARTS) is 2. The Hall–Kier alpha value is -2.80. The molecule has 1 aromatic carbocycles. The molecule has 0 atom stereocenters. The number of nitrogens with zero attached hydrogens (tertiary/aromatic N) is 1. The van der Waals surface area contributed by atoms with Crippen LogP contribution in [0.1, 0.15) is 24.2 Å². The van der Waals surface area contributed by atoms with E-state index in [4.69, 9.17) is 9.90 Å². The van der Waals surface area contributed by atoms with Gasteiger partial charge in [-0.25, -0.2) is 18.0 Å². The number of aromatic carboxylic acids is 1. The van der Waals surface area contributed by atoms with Gasteiger partial charge < -0.3 is 15.1 Å². The molecule has 0 saturated carbocycles. The van der Waals surface area contributed by atoms with Crippen LogP contribution in [-0.2, 0) is 14.8 Å². The minimum Gasteiger partial charge on any atom is -0.478 e. The number of thiophene rings is 1. The highest BCUT2D eigenvalue weighted by atomic mass is 32.2. The Kier molecular flexibility index (Phi) is 8.66. The third-order valence-electron chi connectivity index (χ3n) is 3.59. The number of rotatable bonds is 7. The molecule has 1 aromatic heterocycles. The molecule has 8 nitrogen and oxygen atoms in total. The van der Waals surface area contributed by atoms with E-state index in [1.165, 1.54) is 12.1 Å². The number of hydrogen-bond acceptors (Lipinski definition) is 6. The van der Waals surface area contributed by atoms with E-state index in [-0.39, 0.29) is 15.5 Å². The Balaban J connectivity index is 0.000000553. The van der Waals surface area contributed by atoms with Crippen molar-refractivity contribution in [2.45, 2.75) is 24.2 Å². The third kappa shape index (κ3) is 6.91. The van der Waals surface area contributed by atoms with Gasteiger partial charge in [-0.15, -0.1) is 11.3 Å². The normalized spacial score (nSPS) is 11.2. The first-order valence-electron chi connectivity index (χ1n) is 8.32. The maximum absolute atomic E-state index is 12.2. The number of anilines is 2. The van der Waals surface area contributed by atoms with Gasteiger partial charge in [0, 0.05) is 18.8 Å². The summed E-state index contributed by atoms with van der Waals surface area (Å²) >= 11 is 1.10. The maximum Gasteiger partial charge on any atom is 0.490 e. The molecule has 0 aliphatic carbocycles. The lowest BCUT2D eigenvalue weighted by Crippen LogP contribution is -2.24. The SMILES string of the molecule is CCN(CC)c1ccc(NS(=O)(=O)c2cccs2)cc1C(=O)O.O=C(O)C(F)(F)F. The second kappa shape index (κ2) is 10.3. The van der Waals surface area contributed by atoms with Gasteiger partial charge in [-0.1, -0.05) is 6.07 Å². The Morgan fingerprint density at radius 1 is 1.13 bits per heavy atom. The van der Waals surface area contributed by atoms with Crippen LogP contribution in [0.5, 0.6) is 0 Å². The molecule has 2 aromatic rings. The highest BCUT2D eigenvalue weighted by molar-refractivity contribution is 7.94. The predicted octanol–water partition coefficient (Wildman–Crippen LogP) is 3.73. The summed E-state index contributed by atoms with van der Waals surface area (Å²) in [4.78, 5) is 22.3. The molecule has 1 heterocycles. The Morgan fingerprint density at radius 3 is 2.10 bits per heavy atom. The smallest absolute Gasteiger partial charge is 0.478 e. The van der Waals surface area contributed by atoms with Gasteiger partial charge in [0.25, 0.3) is 10.0 Å². The predicted molar refractivity (Wildman–Crippen MR) is 106 cm³/mol. The maximum atomic E-state index is 12.2. The standard InChI is InChI=1S/C15H18N2O4S2.C2HF3O2/c1-3-17(4-2)13-8-7-11(10-12(13)15(18)19)16-23(20,21)14-6-5-9-22-14;3-2(4,5)1(6)7/h5-10,16H,3-4H2,1-2H3,(H,18,19);(H,6,7). The number of alkyl halides is 3. The van der Waals surface area contributed by atoms with Crippen LogP contribution >= 0.6 is 11.3 Å². The van der Waals surface area contributed by atoms with Crippen molar-refractivity contribution in [3.05, 3.63) is 41.3 Å². The fourth-order valence-electron chi connectivity index (χ4n) is 2.23. The first-order valence-corrected chi connectivity index (χ1v) is 10.7. The molecule has 0 aliphatic rings. The summed E-state index contributed by atoms with van der Waals surface area (Å²) in [5, 5.41) is 18.2. The lowest BCUT2D eigenvalue weighted by molar-refractivity contribution is -0.192. The largest absolute Gasteiger partial charge is 0.490 e. The number of sulfonamides is 1. The molecule has 2 rings (SSSR count). The Labute approximate surface area is 174 Å². The van der Waals surface area contributed by atoms with Crippen molar-refractivity contribution in [3.63, 3.8) is 0 Å². The number of benzene rings is 1. The highest BCUT2D eigenvalue weighted by Gasteiger charge is 2.38. The minimum atomic E-state index is -5.08. The van der Waals surface area contributed by atoms with E-state index in [9.17, 15) is 31.5 Å². The molecule has 30 heavy (non-hydrogen) atoms. The molecule has 3 N–H and O–H groups in total. The van der Waals surface area contributed by atoms with E-state index in [0.717, 1.165) is 11.3 Å². The van der Waals surface area contributed by atoms with Crippen molar-refractivity contribution >= 4 is 44.7 Å². The fraction of sp³-hybridized carbons (Fsp3) is 0.294. The topological polar surface area (TPSA) is 124 Å². The van der Waals surface area contributed by atoms with Crippen molar-refractivity contribution in [2.24, 2.45) is 0 Å². The van der Waals surface area contributed by atoms with Gasteiger partial charge in [-0.05, 0) is 43.5 Å². The molecule has 0 fully saturated rings. The van der Waals surface area contributed by atoms with Crippen molar-refractivity contribution in [2.75, 3.05) is 22.7 Å². The molecule has 0 saturated heterocycles. The number of nitrogens with one attached hydrogen (secondary N) is 1. The molecule has 166 valence electrons. The summed E-state index contributed by atoms with van der Waals surface area (Å²) in [5.41, 5.74) is 0.869. The van der Waals surface area contributed by atoms with E-state index >= 15 is 0 Å². The molecule has 0 amide bonds. The van der Waals surface area contributed by atoms with Gasteiger partial charge in [-0.3, -0.25) is 4.72 Å².